The number of carbonyl (C=O) groups excluding carboxylic acids is 1. The number of rotatable bonds is 5. The summed E-state index contributed by atoms with van der Waals surface area (Å²) in [5, 5.41) is 6.83. The number of aromatic nitrogens is 2. The van der Waals surface area contributed by atoms with Crippen LogP contribution in [-0.4, -0.2) is 15.9 Å². The second kappa shape index (κ2) is 8.41. The van der Waals surface area contributed by atoms with E-state index in [1.165, 1.54) is 5.56 Å². The molecule has 0 aliphatic rings. The Bertz CT molecular complexity index is 1340. The summed E-state index contributed by atoms with van der Waals surface area (Å²) in [5.74, 6) is -0.0886. The normalized spacial score (nSPS) is 11.0. The standard InChI is InChI=1S/C25H19N3OS2/c1-16-10-12-17(13-11-16)24-26-18(15-30-24)14-23(29)27-20-7-3-2-6-19(20)25-28-21-8-4-5-9-22(21)31-25/h2-13,15H,14H2,1H3,(H,27,29). The topological polar surface area (TPSA) is 54.9 Å². The van der Waals surface area contributed by atoms with Gasteiger partial charge in [0.25, 0.3) is 0 Å². The molecular formula is C25H19N3OS2. The molecule has 2 aromatic heterocycles. The molecule has 0 unspecified atom stereocenters. The molecule has 0 radical (unpaired) electrons. The lowest BCUT2D eigenvalue weighted by Crippen LogP contribution is -2.15. The minimum absolute atomic E-state index is 0.0886. The lowest BCUT2D eigenvalue weighted by atomic mass is 10.1. The number of carbonyl (C=O) groups is 1. The van der Waals surface area contributed by atoms with E-state index in [0.717, 1.165) is 42.7 Å². The van der Waals surface area contributed by atoms with Crippen LogP contribution in [-0.2, 0) is 11.2 Å². The molecule has 0 bridgehead atoms. The zero-order valence-corrected chi connectivity index (χ0v) is 18.5. The van der Waals surface area contributed by atoms with Gasteiger partial charge in [-0.3, -0.25) is 4.79 Å². The van der Waals surface area contributed by atoms with Crippen LogP contribution in [0.4, 0.5) is 5.69 Å². The molecule has 0 saturated heterocycles. The van der Waals surface area contributed by atoms with Crippen LogP contribution in [0, 0.1) is 6.92 Å². The molecule has 1 amide bonds. The van der Waals surface area contributed by atoms with E-state index in [1.54, 1.807) is 22.7 Å². The third kappa shape index (κ3) is 4.26. The molecule has 0 aliphatic heterocycles. The Morgan fingerprint density at radius 1 is 0.903 bits per heavy atom. The molecule has 0 spiro atoms. The molecule has 152 valence electrons. The summed E-state index contributed by atoms with van der Waals surface area (Å²) in [4.78, 5) is 22.1. The van der Waals surface area contributed by atoms with E-state index in [1.807, 2.05) is 47.8 Å². The van der Waals surface area contributed by atoms with Crippen molar-refractivity contribution in [1.82, 2.24) is 9.97 Å². The van der Waals surface area contributed by atoms with Gasteiger partial charge in [-0.25, -0.2) is 9.97 Å². The molecule has 0 saturated carbocycles. The van der Waals surface area contributed by atoms with E-state index in [-0.39, 0.29) is 12.3 Å². The summed E-state index contributed by atoms with van der Waals surface area (Å²) in [5.41, 5.74) is 5.72. The number of fused-ring (bicyclic) bond motifs is 1. The highest BCUT2D eigenvalue weighted by molar-refractivity contribution is 7.21. The lowest BCUT2D eigenvalue weighted by Gasteiger charge is -2.08. The average molecular weight is 442 g/mol. The Morgan fingerprint density at radius 2 is 1.68 bits per heavy atom. The number of nitrogens with one attached hydrogen (secondary N) is 1. The maximum absolute atomic E-state index is 12.8. The summed E-state index contributed by atoms with van der Waals surface area (Å²) < 4.78 is 1.13. The zero-order chi connectivity index (χ0) is 21.2. The molecule has 2 heterocycles. The van der Waals surface area contributed by atoms with E-state index in [9.17, 15) is 4.79 Å². The van der Waals surface area contributed by atoms with Gasteiger partial charge in [-0.15, -0.1) is 22.7 Å². The van der Waals surface area contributed by atoms with Crippen LogP contribution in [0.25, 0.3) is 31.4 Å². The van der Waals surface area contributed by atoms with Gasteiger partial charge in [0, 0.05) is 16.5 Å². The number of anilines is 1. The summed E-state index contributed by atoms with van der Waals surface area (Å²) in [7, 11) is 0. The van der Waals surface area contributed by atoms with Crippen molar-refractivity contribution in [3.63, 3.8) is 0 Å². The molecule has 4 nitrogen and oxygen atoms in total. The largest absolute Gasteiger partial charge is 0.325 e. The van der Waals surface area contributed by atoms with Crippen LogP contribution < -0.4 is 5.32 Å². The molecule has 3 aromatic carbocycles. The molecular weight excluding hydrogens is 422 g/mol. The molecule has 0 aliphatic carbocycles. The summed E-state index contributed by atoms with van der Waals surface area (Å²) in [6, 6.07) is 24.1. The molecule has 1 N–H and O–H groups in total. The Morgan fingerprint density at radius 3 is 2.52 bits per heavy atom. The maximum atomic E-state index is 12.8. The Balaban J connectivity index is 1.34. The highest BCUT2D eigenvalue weighted by Gasteiger charge is 2.14. The first-order chi connectivity index (χ1) is 15.2. The summed E-state index contributed by atoms with van der Waals surface area (Å²) in [6.07, 6.45) is 0.233. The minimum Gasteiger partial charge on any atom is -0.325 e. The quantitative estimate of drug-likeness (QED) is 0.335. The van der Waals surface area contributed by atoms with Crippen molar-refractivity contribution in [3.05, 3.63) is 89.4 Å². The third-order valence-corrected chi connectivity index (χ3v) is 6.93. The zero-order valence-electron chi connectivity index (χ0n) is 16.8. The molecule has 5 rings (SSSR count). The first-order valence-corrected chi connectivity index (χ1v) is 11.6. The van der Waals surface area contributed by atoms with Gasteiger partial charge >= 0.3 is 0 Å². The number of nitrogens with zero attached hydrogens (tertiary/aromatic N) is 2. The van der Waals surface area contributed by atoms with Crippen LogP contribution >= 0.6 is 22.7 Å². The van der Waals surface area contributed by atoms with E-state index >= 15 is 0 Å². The molecule has 31 heavy (non-hydrogen) atoms. The van der Waals surface area contributed by atoms with Gasteiger partial charge in [0.2, 0.25) is 5.91 Å². The van der Waals surface area contributed by atoms with Crippen LogP contribution in [0.2, 0.25) is 0 Å². The van der Waals surface area contributed by atoms with Gasteiger partial charge in [0.05, 0.1) is 28.0 Å². The number of hydrogen-bond donors (Lipinski definition) is 1. The van der Waals surface area contributed by atoms with Crippen molar-refractivity contribution in [1.29, 1.82) is 0 Å². The monoisotopic (exact) mass is 441 g/mol. The van der Waals surface area contributed by atoms with E-state index < -0.39 is 0 Å². The van der Waals surface area contributed by atoms with E-state index in [2.05, 4.69) is 47.6 Å². The molecule has 0 fully saturated rings. The lowest BCUT2D eigenvalue weighted by molar-refractivity contribution is -0.115. The molecule has 5 aromatic rings. The fraction of sp³-hybridized carbons (Fsp3) is 0.0800. The number of aryl methyl sites for hydroxylation is 1. The van der Waals surface area contributed by atoms with Crippen molar-refractivity contribution >= 4 is 44.5 Å². The van der Waals surface area contributed by atoms with Crippen molar-refractivity contribution in [2.45, 2.75) is 13.3 Å². The predicted octanol–water partition coefficient (Wildman–Crippen LogP) is 6.58. The van der Waals surface area contributed by atoms with Crippen molar-refractivity contribution < 1.29 is 4.79 Å². The van der Waals surface area contributed by atoms with E-state index in [4.69, 9.17) is 4.98 Å². The van der Waals surface area contributed by atoms with E-state index in [0.29, 0.717) is 0 Å². The van der Waals surface area contributed by atoms with Crippen LogP contribution in [0.15, 0.2) is 78.2 Å². The average Bonchev–Trinajstić information content (AvgIpc) is 3.41. The second-order valence-electron chi connectivity index (χ2n) is 7.27. The van der Waals surface area contributed by atoms with Crippen LogP contribution in [0.5, 0.6) is 0 Å². The Hall–Kier alpha value is -3.35. The van der Waals surface area contributed by atoms with Gasteiger partial charge in [-0.1, -0.05) is 54.1 Å². The smallest absolute Gasteiger partial charge is 0.230 e. The SMILES string of the molecule is Cc1ccc(-c2nc(CC(=O)Nc3ccccc3-c3nc4ccccc4s3)cs2)cc1. The van der Waals surface area contributed by atoms with Gasteiger partial charge in [0.15, 0.2) is 0 Å². The second-order valence-corrected chi connectivity index (χ2v) is 9.16. The molecule has 0 atom stereocenters. The first kappa shape index (κ1) is 19.6. The van der Waals surface area contributed by atoms with Crippen LogP contribution in [0.1, 0.15) is 11.3 Å². The Kier molecular flexibility index (Phi) is 5.32. The van der Waals surface area contributed by atoms with Gasteiger partial charge in [0.1, 0.15) is 10.0 Å². The Labute approximate surface area is 188 Å². The van der Waals surface area contributed by atoms with Crippen molar-refractivity contribution in [2.75, 3.05) is 5.32 Å². The minimum atomic E-state index is -0.0886. The predicted molar refractivity (Wildman–Crippen MR) is 130 cm³/mol. The highest BCUT2D eigenvalue weighted by Crippen LogP contribution is 2.34. The molecule has 6 heteroatoms. The fourth-order valence-electron chi connectivity index (χ4n) is 3.34. The summed E-state index contributed by atoms with van der Waals surface area (Å²) in [6.45, 7) is 2.06. The van der Waals surface area contributed by atoms with Gasteiger partial charge < -0.3 is 5.32 Å². The van der Waals surface area contributed by atoms with Gasteiger partial charge in [-0.2, -0.15) is 0 Å². The maximum Gasteiger partial charge on any atom is 0.230 e. The van der Waals surface area contributed by atoms with Gasteiger partial charge in [-0.05, 0) is 31.2 Å². The number of benzene rings is 3. The number of para-hydroxylation sites is 2. The number of thiazole rings is 2. The first-order valence-electron chi connectivity index (χ1n) is 9.92. The summed E-state index contributed by atoms with van der Waals surface area (Å²) >= 11 is 3.18. The van der Waals surface area contributed by atoms with Crippen molar-refractivity contribution in [2.24, 2.45) is 0 Å². The highest BCUT2D eigenvalue weighted by atomic mass is 32.1. The van der Waals surface area contributed by atoms with Crippen molar-refractivity contribution in [3.8, 4) is 21.1 Å². The number of hydrogen-bond acceptors (Lipinski definition) is 5. The van der Waals surface area contributed by atoms with Crippen LogP contribution in [0.3, 0.4) is 0 Å². The third-order valence-electron chi connectivity index (χ3n) is 4.92. The fourth-order valence-corrected chi connectivity index (χ4v) is 5.17. The number of amides is 1.